The number of methoxy groups -OCH3 is 1. The van der Waals surface area contributed by atoms with E-state index in [-0.39, 0.29) is 0 Å². The molecule has 0 amide bonds. The summed E-state index contributed by atoms with van der Waals surface area (Å²) in [6.07, 6.45) is -5.46. The second kappa shape index (κ2) is 4.91. The van der Waals surface area contributed by atoms with Crippen LogP contribution in [0.15, 0.2) is 36.4 Å². The fourth-order valence-electron chi connectivity index (χ4n) is 1.94. The quantitative estimate of drug-likeness (QED) is 0.851. The predicted molar refractivity (Wildman–Crippen MR) is 65.3 cm³/mol. The van der Waals surface area contributed by atoms with Crippen LogP contribution in [0.2, 0.25) is 0 Å². The second-order valence-corrected chi connectivity index (χ2v) is 4.07. The maximum atomic E-state index is 12.3. The van der Waals surface area contributed by atoms with Crippen LogP contribution in [0.3, 0.4) is 0 Å². The minimum atomic E-state index is -4.80. The van der Waals surface area contributed by atoms with Crippen LogP contribution in [0.5, 0.6) is 5.75 Å². The molecule has 2 rings (SSSR count). The molecule has 0 spiro atoms. The Labute approximate surface area is 107 Å². The second-order valence-electron chi connectivity index (χ2n) is 4.07. The lowest BCUT2D eigenvalue weighted by molar-refractivity contribution is -0.170. The molecule has 0 N–H and O–H groups in total. The van der Waals surface area contributed by atoms with Crippen molar-refractivity contribution in [2.45, 2.75) is 12.6 Å². The molecule has 0 saturated carbocycles. The molecule has 19 heavy (non-hydrogen) atoms. The highest BCUT2D eigenvalue weighted by molar-refractivity contribution is 5.95. The number of halogens is 3. The molecular weight excluding hydrogens is 257 g/mol. The summed E-state index contributed by atoms with van der Waals surface area (Å²) in [5.41, 5.74) is 0.346. The van der Waals surface area contributed by atoms with E-state index < -0.39 is 18.4 Å². The molecule has 100 valence electrons. The van der Waals surface area contributed by atoms with E-state index in [9.17, 15) is 18.0 Å². The van der Waals surface area contributed by atoms with Crippen LogP contribution >= 0.6 is 0 Å². The maximum Gasteiger partial charge on any atom is 0.450 e. The van der Waals surface area contributed by atoms with E-state index in [0.29, 0.717) is 22.1 Å². The standard InChI is InChI=1S/C14H11F3O2/c1-19-12-7-6-9(8-13(18)14(15,16)17)10-4-2-3-5-11(10)12/h2-7H,8H2,1H3. The van der Waals surface area contributed by atoms with Crippen LogP contribution < -0.4 is 4.74 Å². The largest absolute Gasteiger partial charge is 0.496 e. The Hall–Kier alpha value is -2.04. The molecule has 0 saturated heterocycles. The van der Waals surface area contributed by atoms with E-state index in [1.165, 1.54) is 13.2 Å². The fraction of sp³-hybridized carbons (Fsp3) is 0.214. The van der Waals surface area contributed by atoms with E-state index in [2.05, 4.69) is 0 Å². The first kappa shape index (κ1) is 13.4. The predicted octanol–water partition coefficient (Wildman–Crippen LogP) is 3.52. The van der Waals surface area contributed by atoms with E-state index >= 15 is 0 Å². The summed E-state index contributed by atoms with van der Waals surface area (Å²) in [5, 5.41) is 1.29. The van der Waals surface area contributed by atoms with E-state index in [4.69, 9.17) is 4.74 Å². The number of hydrogen-bond acceptors (Lipinski definition) is 2. The topological polar surface area (TPSA) is 26.3 Å². The van der Waals surface area contributed by atoms with E-state index in [0.717, 1.165) is 0 Å². The SMILES string of the molecule is COc1ccc(CC(=O)C(F)(F)F)c2ccccc12. The van der Waals surface area contributed by atoms with Gasteiger partial charge >= 0.3 is 6.18 Å². The fourth-order valence-corrected chi connectivity index (χ4v) is 1.94. The number of Topliss-reactive ketones (excluding diaryl/α,β-unsaturated/α-hetero) is 1. The number of fused-ring (bicyclic) bond motifs is 1. The zero-order chi connectivity index (χ0) is 14.0. The first-order valence-electron chi connectivity index (χ1n) is 5.58. The third-order valence-electron chi connectivity index (χ3n) is 2.86. The van der Waals surface area contributed by atoms with Gasteiger partial charge < -0.3 is 4.74 Å². The van der Waals surface area contributed by atoms with Gasteiger partial charge in [-0.15, -0.1) is 0 Å². The van der Waals surface area contributed by atoms with Crippen LogP contribution in [0.1, 0.15) is 5.56 Å². The van der Waals surface area contributed by atoms with Crippen molar-refractivity contribution in [3.63, 3.8) is 0 Å². The highest BCUT2D eigenvalue weighted by atomic mass is 19.4. The number of ketones is 1. The van der Waals surface area contributed by atoms with Gasteiger partial charge in [-0.3, -0.25) is 4.79 Å². The number of ether oxygens (including phenoxy) is 1. The number of carbonyl (C=O) groups excluding carboxylic acids is 1. The van der Waals surface area contributed by atoms with Crippen LogP contribution in [0, 0.1) is 0 Å². The molecule has 5 heteroatoms. The van der Waals surface area contributed by atoms with Gasteiger partial charge in [-0.25, -0.2) is 0 Å². The van der Waals surface area contributed by atoms with Gasteiger partial charge in [0.15, 0.2) is 0 Å². The summed E-state index contributed by atoms with van der Waals surface area (Å²) in [7, 11) is 1.49. The minimum Gasteiger partial charge on any atom is -0.496 e. The van der Waals surface area contributed by atoms with Gasteiger partial charge in [0, 0.05) is 11.8 Å². The number of alkyl halides is 3. The van der Waals surface area contributed by atoms with Crippen molar-refractivity contribution >= 4 is 16.6 Å². The van der Waals surface area contributed by atoms with Crippen LogP contribution in [0.25, 0.3) is 10.8 Å². The summed E-state index contributed by atoms with van der Waals surface area (Å²) < 4.78 is 42.1. The van der Waals surface area contributed by atoms with Gasteiger partial charge in [0.2, 0.25) is 5.78 Å². The normalized spacial score (nSPS) is 11.6. The lowest BCUT2D eigenvalue weighted by Crippen LogP contribution is -2.24. The molecule has 0 unspecified atom stereocenters. The highest BCUT2D eigenvalue weighted by Gasteiger charge is 2.37. The average Bonchev–Trinajstić information content (AvgIpc) is 2.38. The molecule has 2 aromatic carbocycles. The van der Waals surface area contributed by atoms with Crippen molar-refractivity contribution in [3.05, 3.63) is 42.0 Å². The number of rotatable bonds is 3. The van der Waals surface area contributed by atoms with Crippen LogP contribution in [0.4, 0.5) is 13.2 Å². The number of hydrogen-bond donors (Lipinski definition) is 0. The molecule has 0 aromatic heterocycles. The Morgan fingerprint density at radius 3 is 2.32 bits per heavy atom. The van der Waals surface area contributed by atoms with Crippen molar-refractivity contribution < 1.29 is 22.7 Å². The zero-order valence-electron chi connectivity index (χ0n) is 10.1. The van der Waals surface area contributed by atoms with Crippen molar-refractivity contribution in [1.82, 2.24) is 0 Å². The first-order chi connectivity index (χ1) is 8.93. The molecule has 2 nitrogen and oxygen atoms in total. The molecule has 0 aliphatic carbocycles. The summed E-state index contributed by atoms with van der Waals surface area (Å²) in [6, 6.07) is 9.96. The maximum absolute atomic E-state index is 12.3. The zero-order valence-corrected chi connectivity index (χ0v) is 10.1. The average molecular weight is 268 g/mol. The van der Waals surface area contributed by atoms with Gasteiger partial charge in [0.05, 0.1) is 7.11 Å². The van der Waals surface area contributed by atoms with Crippen LogP contribution in [-0.2, 0) is 11.2 Å². The lowest BCUT2D eigenvalue weighted by Gasteiger charge is -2.11. The van der Waals surface area contributed by atoms with Crippen molar-refractivity contribution in [3.8, 4) is 5.75 Å². The first-order valence-corrected chi connectivity index (χ1v) is 5.58. The number of carbonyl (C=O) groups is 1. The third-order valence-corrected chi connectivity index (χ3v) is 2.86. The highest BCUT2D eigenvalue weighted by Crippen LogP contribution is 2.30. The Morgan fingerprint density at radius 1 is 1.11 bits per heavy atom. The summed E-state index contributed by atoms with van der Waals surface area (Å²) >= 11 is 0. The Balaban J connectivity index is 2.48. The molecule has 0 fully saturated rings. The molecule has 0 bridgehead atoms. The monoisotopic (exact) mass is 268 g/mol. The Kier molecular flexibility index (Phi) is 3.46. The van der Waals surface area contributed by atoms with Crippen molar-refractivity contribution in [2.75, 3.05) is 7.11 Å². The van der Waals surface area contributed by atoms with Gasteiger partial charge in [0.1, 0.15) is 5.75 Å². The minimum absolute atomic E-state index is 0.346. The molecule has 2 aromatic rings. The van der Waals surface area contributed by atoms with Gasteiger partial charge in [0.25, 0.3) is 0 Å². The molecule has 0 radical (unpaired) electrons. The van der Waals surface area contributed by atoms with Gasteiger partial charge in [-0.2, -0.15) is 13.2 Å². The Bertz CT molecular complexity index is 618. The van der Waals surface area contributed by atoms with Gasteiger partial charge in [-0.05, 0) is 17.0 Å². The third kappa shape index (κ3) is 2.70. The molecule has 0 aliphatic heterocycles. The summed E-state index contributed by atoms with van der Waals surface area (Å²) in [6.45, 7) is 0. The van der Waals surface area contributed by atoms with E-state index in [1.807, 2.05) is 0 Å². The summed E-state index contributed by atoms with van der Waals surface area (Å²) in [4.78, 5) is 11.1. The molecule has 0 aliphatic rings. The van der Waals surface area contributed by atoms with E-state index in [1.54, 1.807) is 30.3 Å². The van der Waals surface area contributed by atoms with Crippen LogP contribution in [-0.4, -0.2) is 19.1 Å². The van der Waals surface area contributed by atoms with Crippen molar-refractivity contribution in [2.24, 2.45) is 0 Å². The van der Waals surface area contributed by atoms with Crippen molar-refractivity contribution in [1.29, 1.82) is 0 Å². The number of benzene rings is 2. The molecule has 0 heterocycles. The summed E-state index contributed by atoms with van der Waals surface area (Å²) in [5.74, 6) is -1.18. The Morgan fingerprint density at radius 2 is 1.74 bits per heavy atom. The van der Waals surface area contributed by atoms with Gasteiger partial charge in [-0.1, -0.05) is 30.3 Å². The molecule has 0 atom stereocenters. The molecular formula is C14H11F3O2. The lowest BCUT2D eigenvalue weighted by atomic mass is 9.99. The smallest absolute Gasteiger partial charge is 0.450 e.